The molecule has 0 aliphatic carbocycles. The van der Waals surface area contributed by atoms with Crippen LogP contribution < -0.4 is 14.8 Å². The Morgan fingerprint density at radius 2 is 1.92 bits per heavy atom. The first kappa shape index (κ1) is 15.9. The molecule has 0 radical (unpaired) electrons. The third-order valence-corrected chi connectivity index (χ3v) is 4.04. The van der Waals surface area contributed by atoms with Gasteiger partial charge in [0.05, 0.1) is 25.6 Å². The summed E-state index contributed by atoms with van der Waals surface area (Å²) in [5, 5.41) is 4.21. The summed E-state index contributed by atoms with van der Waals surface area (Å²) in [5.74, 6) is 1.84. The molecule has 1 aromatic carbocycles. The van der Waals surface area contributed by atoms with Crippen LogP contribution >= 0.6 is 0 Å². The fraction of sp³-hybridized carbons (Fsp3) is 0.105. The van der Waals surface area contributed by atoms with E-state index in [0.29, 0.717) is 17.4 Å². The molecule has 3 heterocycles. The highest BCUT2D eigenvalue weighted by molar-refractivity contribution is 5.92. The summed E-state index contributed by atoms with van der Waals surface area (Å²) >= 11 is 0. The summed E-state index contributed by atoms with van der Waals surface area (Å²) in [6.45, 7) is 0. The lowest BCUT2D eigenvalue weighted by Gasteiger charge is -2.11. The average molecular weight is 347 g/mol. The maximum Gasteiger partial charge on any atom is 0.227 e. The molecule has 0 aliphatic rings. The van der Waals surface area contributed by atoms with E-state index in [-0.39, 0.29) is 0 Å². The molecule has 3 aromatic heterocycles. The number of benzene rings is 1. The van der Waals surface area contributed by atoms with E-state index in [4.69, 9.17) is 9.47 Å². The first-order valence-corrected chi connectivity index (χ1v) is 8.03. The van der Waals surface area contributed by atoms with Crippen LogP contribution in [0.15, 0.2) is 55.0 Å². The van der Waals surface area contributed by atoms with Gasteiger partial charge in [-0.3, -0.25) is 0 Å². The number of pyridine rings is 1. The highest BCUT2D eigenvalue weighted by atomic mass is 16.5. The minimum atomic E-state index is 0.476. The third-order valence-electron chi connectivity index (χ3n) is 4.04. The molecular weight excluding hydrogens is 330 g/mol. The summed E-state index contributed by atoms with van der Waals surface area (Å²) in [7, 11) is 3.22. The van der Waals surface area contributed by atoms with Crippen LogP contribution in [-0.2, 0) is 0 Å². The van der Waals surface area contributed by atoms with Gasteiger partial charge in [0.2, 0.25) is 5.95 Å². The number of anilines is 2. The van der Waals surface area contributed by atoms with Crippen LogP contribution in [0.2, 0.25) is 0 Å². The largest absolute Gasteiger partial charge is 0.497 e. The number of methoxy groups -OCH3 is 2. The number of aromatic amines is 1. The lowest BCUT2D eigenvalue weighted by Crippen LogP contribution is -2.00. The number of aromatic nitrogens is 4. The van der Waals surface area contributed by atoms with Gasteiger partial charge in [-0.1, -0.05) is 0 Å². The highest BCUT2D eigenvalue weighted by Gasteiger charge is 2.11. The van der Waals surface area contributed by atoms with Gasteiger partial charge in [0.1, 0.15) is 17.1 Å². The predicted molar refractivity (Wildman–Crippen MR) is 99.9 cm³/mol. The highest BCUT2D eigenvalue weighted by Crippen LogP contribution is 2.31. The van der Waals surface area contributed by atoms with Crippen LogP contribution in [0, 0.1) is 0 Å². The Kier molecular flexibility index (Phi) is 4.10. The predicted octanol–water partition coefficient (Wildman–Crippen LogP) is 3.78. The second-order valence-electron chi connectivity index (χ2n) is 5.56. The summed E-state index contributed by atoms with van der Waals surface area (Å²) in [6, 6.07) is 11.3. The molecule has 0 amide bonds. The molecule has 0 saturated heterocycles. The number of ether oxygens (including phenoxy) is 2. The van der Waals surface area contributed by atoms with Crippen molar-refractivity contribution in [2.45, 2.75) is 0 Å². The van der Waals surface area contributed by atoms with E-state index in [2.05, 4.69) is 25.3 Å². The minimum Gasteiger partial charge on any atom is -0.497 e. The minimum absolute atomic E-state index is 0.476. The van der Waals surface area contributed by atoms with Gasteiger partial charge in [0.15, 0.2) is 0 Å². The normalized spacial score (nSPS) is 10.7. The van der Waals surface area contributed by atoms with Gasteiger partial charge in [-0.2, -0.15) is 0 Å². The molecule has 0 saturated carbocycles. The van der Waals surface area contributed by atoms with Crippen molar-refractivity contribution in [3.63, 3.8) is 0 Å². The fourth-order valence-corrected chi connectivity index (χ4v) is 2.76. The smallest absolute Gasteiger partial charge is 0.227 e. The van der Waals surface area contributed by atoms with E-state index in [1.165, 1.54) is 0 Å². The van der Waals surface area contributed by atoms with Crippen LogP contribution in [0.4, 0.5) is 11.6 Å². The van der Waals surface area contributed by atoms with E-state index in [0.717, 1.165) is 28.0 Å². The molecule has 0 aliphatic heterocycles. The van der Waals surface area contributed by atoms with Crippen LogP contribution in [0.3, 0.4) is 0 Å². The Labute approximate surface area is 150 Å². The second kappa shape index (κ2) is 6.72. The molecule has 7 nitrogen and oxygen atoms in total. The quantitative estimate of drug-likeness (QED) is 0.571. The van der Waals surface area contributed by atoms with Crippen LogP contribution in [0.25, 0.3) is 22.3 Å². The van der Waals surface area contributed by atoms with E-state index < -0.39 is 0 Å². The Bertz CT molecular complexity index is 1060. The molecule has 0 bridgehead atoms. The zero-order valence-corrected chi connectivity index (χ0v) is 14.4. The van der Waals surface area contributed by atoms with Gasteiger partial charge in [-0.05, 0) is 30.3 Å². The van der Waals surface area contributed by atoms with Crippen molar-refractivity contribution in [1.82, 2.24) is 19.9 Å². The number of nitrogens with one attached hydrogen (secondary N) is 2. The van der Waals surface area contributed by atoms with Crippen molar-refractivity contribution in [1.29, 1.82) is 0 Å². The van der Waals surface area contributed by atoms with Gasteiger partial charge >= 0.3 is 0 Å². The van der Waals surface area contributed by atoms with Crippen molar-refractivity contribution in [2.75, 3.05) is 19.5 Å². The third kappa shape index (κ3) is 2.90. The Hall–Kier alpha value is -3.61. The molecule has 4 rings (SSSR count). The van der Waals surface area contributed by atoms with Crippen molar-refractivity contribution in [3.05, 3.63) is 55.0 Å². The van der Waals surface area contributed by atoms with E-state index in [9.17, 15) is 0 Å². The zero-order valence-electron chi connectivity index (χ0n) is 14.4. The Balaban J connectivity index is 1.69. The SMILES string of the molecule is COc1ccc(Nc2nccc(-c3c[nH]c4ncccc34)n2)c(OC)c1. The van der Waals surface area contributed by atoms with E-state index in [1.54, 1.807) is 32.7 Å². The van der Waals surface area contributed by atoms with Gasteiger partial charge in [-0.15, -0.1) is 0 Å². The van der Waals surface area contributed by atoms with Gasteiger partial charge < -0.3 is 19.8 Å². The monoisotopic (exact) mass is 347 g/mol. The fourth-order valence-electron chi connectivity index (χ4n) is 2.76. The van der Waals surface area contributed by atoms with Crippen molar-refractivity contribution in [2.24, 2.45) is 0 Å². The van der Waals surface area contributed by atoms with Gasteiger partial charge in [0, 0.05) is 35.6 Å². The molecule has 130 valence electrons. The molecule has 0 fully saturated rings. The molecule has 0 atom stereocenters. The van der Waals surface area contributed by atoms with E-state index >= 15 is 0 Å². The summed E-state index contributed by atoms with van der Waals surface area (Å²) in [4.78, 5) is 16.4. The lowest BCUT2D eigenvalue weighted by molar-refractivity contribution is 0.395. The summed E-state index contributed by atoms with van der Waals surface area (Å²) in [5.41, 5.74) is 3.35. The number of H-pyrrole nitrogens is 1. The average Bonchev–Trinajstić information content (AvgIpc) is 3.13. The second-order valence-corrected chi connectivity index (χ2v) is 5.56. The van der Waals surface area contributed by atoms with Crippen molar-refractivity contribution in [3.8, 4) is 22.8 Å². The molecule has 7 heteroatoms. The Morgan fingerprint density at radius 3 is 2.77 bits per heavy atom. The Morgan fingerprint density at radius 1 is 1.00 bits per heavy atom. The number of nitrogens with zero attached hydrogens (tertiary/aromatic N) is 3. The number of fused-ring (bicyclic) bond motifs is 1. The topological polar surface area (TPSA) is 85.0 Å². The molecule has 2 N–H and O–H groups in total. The lowest BCUT2D eigenvalue weighted by atomic mass is 10.1. The van der Waals surface area contributed by atoms with Crippen molar-refractivity contribution < 1.29 is 9.47 Å². The first-order chi connectivity index (χ1) is 12.8. The van der Waals surface area contributed by atoms with E-state index in [1.807, 2.05) is 36.5 Å². The first-order valence-electron chi connectivity index (χ1n) is 8.03. The molecule has 0 spiro atoms. The van der Waals surface area contributed by atoms with Crippen LogP contribution in [0.5, 0.6) is 11.5 Å². The molecule has 4 aromatic rings. The maximum atomic E-state index is 5.41. The number of hydrogen-bond acceptors (Lipinski definition) is 6. The maximum absolute atomic E-state index is 5.41. The summed E-state index contributed by atoms with van der Waals surface area (Å²) in [6.07, 6.45) is 5.37. The summed E-state index contributed by atoms with van der Waals surface area (Å²) < 4.78 is 10.6. The molecule has 0 unspecified atom stereocenters. The van der Waals surface area contributed by atoms with Crippen LogP contribution in [0.1, 0.15) is 0 Å². The van der Waals surface area contributed by atoms with Crippen molar-refractivity contribution >= 4 is 22.7 Å². The van der Waals surface area contributed by atoms with Gasteiger partial charge in [-0.25, -0.2) is 15.0 Å². The standard InChI is InChI=1S/C19H17N5O2/c1-25-12-5-6-16(17(10-12)26-2)24-19-21-9-7-15(23-19)14-11-22-18-13(14)4-3-8-20-18/h3-11H,1-2H3,(H,20,22)(H,21,23,24). The molecule has 26 heavy (non-hydrogen) atoms. The number of hydrogen-bond donors (Lipinski definition) is 2. The molecular formula is C19H17N5O2. The zero-order chi connectivity index (χ0) is 17.9. The number of rotatable bonds is 5. The van der Waals surface area contributed by atoms with Gasteiger partial charge in [0.25, 0.3) is 0 Å². The van der Waals surface area contributed by atoms with Crippen LogP contribution in [-0.4, -0.2) is 34.2 Å².